The highest BCUT2D eigenvalue weighted by Gasteiger charge is 2.14. The van der Waals surface area contributed by atoms with Crippen LogP contribution in [-0.2, 0) is 17.8 Å². The van der Waals surface area contributed by atoms with Gasteiger partial charge in [-0.3, -0.25) is 0 Å². The van der Waals surface area contributed by atoms with Crippen molar-refractivity contribution in [1.29, 1.82) is 0 Å². The van der Waals surface area contributed by atoms with E-state index in [0.29, 0.717) is 16.5 Å². The molecule has 0 heterocycles. The number of hydrogen-bond acceptors (Lipinski definition) is 4. The molecule has 0 aliphatic heterocycles. The third-order valence-electron chi connectivity index (χ3n) is 3.53. The predicted molar refractivity (Wildman–Crippen MR) is 102 cm³/mol. The minimum absolute atomic E-state index is 0.258. The molecule has 0 saturated carbocycles. The van der Waals surface area contributed by atoms with Crippen LogP contribution in [0.4, 0.5) is 4.79 Å². The first-order valence-corrected chi connectivity index (χ1v) is 8.87. The van der Waals surface area contributed by atoms with Gasteiger partial charge in [0.1, 0.15) is 18.1 Å². The summed E-state index contributed by atoms with van der Waals surface area (Å²) in [5.74, 6) is 1.13. The average molecular weight is 461 g/mol. The van der Waals surface area contributed by atoms with Crippen molar-refractivity contribution < 1.29 is 19.0 Å². The molecule has 0 atom stereocenters. The molecule has 0 bridgehead atoms. The number of hydrogen-bond donors (Lipinski definition) is 0. The second kappa shape index (κ2) is 8.58. The van der Waals surface area contributed by atoms with Crippen molar-refractivity contribution in [3.05, 3.63) is 55.6 Å². The monoisotopic (exact) mass is 460 g/mol. The quantitative estimate of drug-likeness (QED) is 0.334. The number of halogens is 2. The minimum Gasteiger partial charge on any atom is -0.488 e. The number of aryl methyl sites for hydroxylation is 2. The summed E-state index contributed by atoms with van der Waals surface area (Å²) in [5.41, 5.74) is 2.88. The van der Waals surface area contributed by atoms with Gasteiger partial charge in [0.2, 0.25) is 0 Å². The van der Waals surface area contributed by atoms with E-state index in [9.17, 15) is 4.79 Å². The fourth-order valence-electron chi connectivity index (χ4n) is 2.21. The van der Waals surface area contributed by atoms with Crippen molar-refractivity contribution >= 4 is 40.3 Å². The molecule has 0 unspecified atom stereocenters. The summed E-state index contributed by atoms with van der Waals surface area (Å²) >= 11 is 8.44. The normalized spacial score (nSPS) is 10.4. The number of rotatable bonds is 5. The minimum atomic E-state index is -0.759. The summed E-state index contributed by atoms with van der Waals surface area (Å²) in [6, 6.07) is 9.29. The molecular weight excluding hydrogens is 443 g/mol. The van der Waals surface area contributed by atoms with Crippen molar-refractivity contribution in [2.24, 2.45) is 0 Å². The highest BCUT2D eigenvalue weighted by Crippen LogP contribution is 2.30. The lowest BCUT2D eigenvalue weighted by Crippen LogP contribution is -2.11. The van der Waals surface area contributed by atoms with Gasteiger partial charge in [0.05, 0.1) is 7.11 Å². The van der Waals surface area contributed by atoms with Crippen molar-refractivity contribution in [3.8, 4) is 11.5 Å². The van der Waals surface area contributed by atoms with E-state index in [-0.39, 0.29) is 6.61 Å². The van der Waals surface area contributed by atoms with Gasteiger partial charge in [0, 0.05) is 14.2 Å². The van der Waals surface area contributed by atoms with Crippen LogP contribution in [0.5, 0.6) is 11.5 Å². The van der Waals surface area contributed by atoms with Gasteiger partial charge < -0.3 is 14.2 Å². The van der Waals surface area contributed by atoms with Gasteiger partial charge in [-0.1, -0.05) is 30.7 Å². The van der Waals surface area contributed by atoms with Crippen LogP contribution in [0.1, 0.15) is 23.6 Å². The Labute approximate surface area is 160 Å². The third-order valence-corrected chi connectivity index (χ3v) is 4.90. The van der Waals surface area contributed by atoms with E-state index >= 15 is 0 Å². The number of benzene rings is 2. The van der Waals surface area contributed by atoms with Gasteiger partial charge in [-0.25, -0.2) is 4.79 Å². The molecule has 6 heteroatoms. The summed E-state index contributed by atoms with van der Waals surface area (Å²) in [7, 11) is 1.27. The van der Waals surface area contributed by atoms with E-state index in [1.165, 1.54) is 7.11 Å². The molecule has 128 valence electrons. The Kier molecular flexibility index (Phi) is 6.74. The molecular formula is C18H18ClIO4. The highest BCUT2D eigenvalue weighted by atomic mass is 127. The van der Waals surface area contributed by atoms with E-state index < -0.39 is 6.16 Å². The second-order valence-corrected chi connectivity index (χ2v) is 6.69. The highest BCUT2D eigenvalue weighted by molar-refractivity contribution is 14.1. The van der Waals surface area contributed by atoms with E-state index in [2.05, 4.69) is 34.3 Å². The Morgan fingerprint density at radius 1 is 1.25 bits per heavy atom. The topological polar surface area (TPSA) is 44.8 Å². The Morgan fingerprint density at radius 3 is 2.67 bits per heavy atom. The number of carbonyl (C=O) groups is 1. The van der Waals surface area contributed by atoms with Crippen LogP contribution in [0, 0.1) is 10.5 Å². The Morgan fingerprint density at radius 2 is 2.00 bits per heavy atom. The molecule has 4 nitrogen and oxygen atoms in total. The maximum Gasteiger partial charge on any atom is 0.513 e. The molecule has 2 aromatic carbocycles. The fraction of sp³-hybridized carbons (Fsp3) is 0.278. The van der Waals surface area contributed by atoms with Crippen molar-refractivity contribution in [2.45, 2.75) is 26.9 Å². The molecule has 0 saturated heterocycles. The molecule has 0 aliphatic rings. The molecule has 0 spiro atoms. The first-order valence-electron chi connectivity index (χ1n) is 7.41. The number of ether oxygens (including phenoxy) is 3. The molecule has 0 radical (unpaired) electrons. The van der Waals surface area contributed by atoms with Gasteiger partial charge in [-0.2, -0.15) is 0 Å². The van der Waals surface area contributed by atoms with Crippen LogP contribution < -0.4 is 9.47 Å². The zero-order valence-electron chi connectivity index (χ0n) is 13.7. The SMILES string of the molecule is CCc1cc(C)c(OCc2c(I)cccc2OC(=O)OC)cc1Cl. The maximum absolute atomic E-state index is 11.4. The zero-order chi connectivity index (χ0) is 17.7. The molecule has 0 fully saturated rings. The lowest BCUT2D eigenvalue weighted by molar-refractivity contribution is 0.120. The van der Waals surface area contributed by atoms with Crippen LogP contribution >= 0.6 is 34.2 Å². The Hall–Kier alpha value is -1.47. The third kappa shape index (κ3) is 4.54. The Bertz CT molecular complexity index is 746. The van der Waals surface area contributed by atoms with Gasteiger partial charge in [0.15, 0.2) is 0 Å². The summed E-state index contributed by atoms with van der Waals surface area (Å²) in [5, 5.41) is 0.687. The van der Waals surface area contributed by atoms with Crippen LogP contribution in [0.15, 0.2) is 30.3 Å². The van der Waals surface area contributed by atoms with Gasteiger partial charge in [0.25, 0.3) is 0 Å². The molecule has 0 N–H and O–H groups in total. The first-order chi connectivity index (χ1) is 11.5. The van der Waals surface area contributed by atoms with Gasteiger partial charge >= 0.3 is 6.16 Å². The largest absolute Gasteiger partial charge is 0.513 e. The zero-order valence-corrected chi connectivity index (χ0v) is 16.6. The number of carbonyl (C=O) groups excluding carboxylic acids is 1. The van der Waals surface area contributed by atoms with E-state index in [1.54, 1.807) is 6.07 Å². The standard InChI is InChI=1S/C18H18ClIO4/c1-4-12-8-11(2)17(9-14(12)19)23-10-13-15(20)6-5-7-16(13)24-18(21)22-3/h5-9H,4,10H2,1-3H3. The number of methoxy groups -OCH3 is 1. The van der Waals surface area contributed by atoms with Crippen LogP contribution in [0.25, 0.3) is 0 Å². The lowest BCUT2D eigenvalue weighted by Gasteiger charge is -2.15. The van der Waals surface area contributed by atoms with E-state index in [1.807, 2.05) is 31.2 Å². The molecule has 2 rings (SSSR count). The van der Waals surface area contributed by atoms with Gasteiger partial charge in [-0.05, 0) is 65.3 Å². The summed E-state index contributed by atoms with van der Waals surface area (Å²) in [4.78, 5) is 11.4. The molecule has 0 aromatic heterocycles. The molecule has 0 aliphatic carbocycles. The second-order valence-electron chi connectivity index (χ2n) is 5.12. The first kappa shape index (κ1) is 18.9. The van der Waals surface area contributed by atoms with E-state index in [4.69, 9.17) is 21.1 Å². The predicted octanol–water partition coefficient (Wildman–Crippen LogP) is 5.54. The van der Waals surface area contributed by atoms with Crippen molar-refractivity contribution in [1.82, 2.24) is 0 Å². The van der Waals surface area contributed by atoms with Crippen LogP contribution in [-0.4, -0.2) is 13.3 Å². The Balaban J connectivity index is 2.23. The van der Waals surface area contributed by atoms with Gasteiger partial charge in [-0.15, -0.1) is 0 Å². The molecule has 24 heavy (non-hydrogen) atoms. The molecule has 2 aromatic rings. The van der Waals surface area contributed by atoms with Crippen molar-refractivity contribution in [2.75, 3.05) is 7.11 Å². The summed E-state index contributed by atoms with van der Waals surface area (Å²) in [6.45, 7) is 4.30. The smallest absolute Gasteiger partial charge is 0.488 e. The maximum atomic E-state index is 11.4. The lowest BCUT2D eigenvalue weighted by atomic mass is 10.1. The van der Waals surface area contributed by atoms with Crippen molar-refractivity contribution in [3.63, 3.8) is 0 Å². The van der Waals surface area contributed by atoms with Crippen LogP contribution in [0.2, 0.25) is 5.02 Å². The summed E-state index contributed by atoms with van der Waals surface area (Å²) in [6.07, 6.45) is 0.109. The van der Waals surface area contributed by atoms with Crippen LogP contribution in [0.3, 0.4) is 0 Å². The molecule has 0 amide bonds. The average Bonchev–Trinajstić information content (AvgIpc) is 2.56. The van der Waals surface area contributed by atoms with E-state index in [0.717, 1.165) is 26.7 Å². The fourth-order valence-corrected chi connectivity index (χ4v) is 3.12. The summed E-state index contributed by atoms with van der Waals surface area (Å²) < 4.78 is 16.6.